The number of piperidine rings is 1. The van der Waals surface area contributed by atoms with Crippen molar-refractivity contribution in [1.29, 1.82) is 0 Å². The van der Waals surface area contributed by atoms with Crippen LogP contribution >= 0.6 is 0 Å². The molecule has 4 nitrogen and oxygen atoms in total. The molecule has 3 rings (SSSR count). The lowest BCUT2D eigenvalue weighted by atomic mass is 9.75. The van der Waals surface area contributed by atoms with Gasteiger partial charge in [0.15, 0.2) is 0 Å². The molecule has 1 N–H and O–H groups in total. The van der Waals surface area contributed by atoms with E-state index in [1.54, 1.807) is 12.1 Å². The molecular weight excluding hydrogens is 271 g/mol. The lowest BCUT2D eigenvalue weighted by Gasteiger charge is -2.40. The fraction of sp³-hybridized carbons (Fsp3) is 0.500. The average molecular weight is 290 g/mol. The van der Waals surface area contributed by atoms with Gasteiger partial charge in [0, 0.05) is 19.5 Å². The fourth-order valence-electron chi connectivity index (χ4n) is 3.14. The minimum atomic E-state index is -0.258. The van der Waals surface area contributed by atoms with E-state index in [2.05, 4.69) is 5.32 Å². The SMILES string of the molecule is CN1C(=O)CCC(NC2CC(c3cccc(F)c3)C2)C1=O. The second-order valence-corrected chi connectivity index (χ2v) is 5.97. The van der Waals surface area contributed by atoms with Crippen molar-refractivity contribution in [2.45, 2.75) is 43.7 Å². The zero-order valence-electron chi connectivity index (χ0n) is 12.0. The summed E-state index contributed by atoms with van der Waals surface area (Å²) in [5.41, 5.74) is 1.02. The second kappa shape index (κ2) is 5.56. The van der Waals surface area contributed by atoms with Gasteiger partial charge in [-0.1, -0.05) is 12.1 Å². The quantitative estimate of drug-likeness (QED) is 0.864. The Labute approximate surface area is 123 Å². The molecule has 1 aliphatic carbocycles. The number of amides is 2. The van der Waals surface area contributed by atoms with E-state index < -0.39 is 0 Å². The minimum Gasteiger partial charge on any atom is -0.303 e. The van der Waals surface area contributed by atoms with Crippen LogP contribution in [0.3, 0.4) is 0 Å². The summed E-state index contributed by atoms with van der Waals surface area (Å²) in [6, 6.07) is 6.73. The number of hydrogen-bond donors (Lipinski definition) is 1. The first-order chi connectivity index (χ1) is 10.0. The maximum Gasteiger partial charge on any atom is 0.246 e. The topological polar surface area (TPSA) is 49.4 Å². The predicted molar refractivity (Wildman–Crippen MR) is 76.1 cm³/mol. The molecule has 112 valence electrons. The highest BCUT2D eigenvalue weighted by molar-refractivity contribution is 6.00. The maximum absolute atomic E-state index is 13.2. The molecule has 0 bridgehead atoms. The standard InChI is InChI=1S/C16H19FN2O2/c1-19-15(20)6-5-14(16(19)21)18-13-8-11(9-13)10-3-2-4-12(17)7-10/h2-4,7,11,13-14,18H,5-6,8-9H2,1H3. The van der Waals surface area contributed by atoms with Gasteiger partial charge in [0.25, 0.3) is 0 Å². The van der Waals surface area contributed by atoms with Gasteiger partial charge >= 0.3 is 0 Å². The molecule has 1 atom stereocenters. The Bertz CT molecular complexity index is 569. The highest BCUT2D eigenvalue weighted by Crippen LogP contribution is 2.37. The summed E-state index contributed by atoms with van der Waals surface area (Å²) in [6.07, 6.45) is 2.80. The van der Waals surface area contributed by atoms with Crippen molar-refractivity contribution in [2.75, 3.05) is 7.05 Å². The molecule has 0 aromatic heterocycles. The largest absolute Gasteiger partial charge is 0.303 e. The van der Waals surface area contributed by atoms with E-state index in [1.807, 2.05) is 6.07 Å². The van der Waals surface area contributed by atoms with Gasteiger partial charge in [0.05, 0.1) is 6.04 Å². The van der Waals surface area contributed by atoms with Crippen LogP contribution in [0.15, 0.2) is 24.3 Å². The second-order valence-electron chi connectivity index (χ2n) is 5.97. The summed E-state index contributed by atoms with van der Waals surface area (Å²) in [5.74, 6) is -0.0903. The van der Waals surface area contributed by atoms with Crippen molar-refractivity contribution in [3.05, 3.63) is 35.6 Å². The van der Waals surface area contributed by atoms with Gasteiger partial charge in [-0.15, -0.1) is 0 Å². The summed E-state index contributed by atoms with van der Waals surface area (Å²) < 4.78 is 13.2. The Balaban J connectivity index is 1.53. The molecule has 21 heavy (non-hydrogen) atoms. The van der Waals surface area contributed by atoms with E-state index >= 15 is 0 Å². The molecule has 1 aromatic carbocycles. The smallest absolute Gasteiger partial charge is 0.246 e. The van der Waals surface area contributed by atoms with Crippen LogP contribution in [0.1, 0.15) is 37.2 Å². The Kier molecular flexibility index (Phi) is 3.76. The molecule has 1 heterocycles. The van der Waals surface area contributed by atoms with Gasteiger partial charge in [-0.05, 0) is 42.9 Å². The number of carbonyl (C=O) groups excluding carboxylic acids is 2. The molecule has 1 aliphatic heterocycles. The van der Waals surface area contributed by atoms with Crippen LogP contribution in [0.4, 0.5) is 4.39 Å². The van der Waals surface area contributed by atoms with Crippen LogP contribution in [-0.4, -0.2) is 35.8 Å². The Morgan fingerprint density at radius 1 is 1.29 bits per heavy atom. The van der Waals surface area contributed by atoms with E-state index in [0.29, 0.717) is 18.8 Å². The Hall–Kier alpha value is -1.75. The molecule has 2 aliphatic rings. The third-order valence-corrected chi connectivity index (χ3v) is 4.54. The lowest BCUT2D eigenvalue weighted by molar-refractivity contribution is -0.148. The third kappa shape index (κ3) is 2.83. The van der Waals surface area contributed by atoms with Crippen molar-refractivity contribution in [3.8, 4) is 0 Å². The monoisotopic (exact) mass is 290 g/mol. The number of halogens is 1. The van der Waals surface area contributed by atoms with Gasteiger partial charge in [-0.3, -0.25) is 14.5 Å². The van der Waals surface area contributed by atoms with Crippen molar-refractivity contribution < 1.29 is 14.0 Å². The average Bonchev–Trinajstić information content (AvgIpc) is 2.42. The molecule has 1 aromatic rings. The number of imide groups is 1. The molecule has 0 radical (unpaired) electrons. The number of likely N-dealkylation sites (tertiary alicyclic amines) is 1. The van der Waals surface area contributed by atoms with Gasteiger partial charge in [0.2, 0.25) is 11.8 Å². The molecule has 1 saturated heterocycles. The van der Waals surface area contributed by atoms with Gasteiger partial charge in [-0.25, -0.2) is 4.39 Å². The summed E-state index contributed by atoms with van der Waals surface area (Å²) in [6.45, 7) is 0. The first-order valence-electron chi connectivity index (χ1n) is 7.36. The van der Waals surface area contributed by atoms with Crippen molar-refractivity contribution >= 4 is 11.8 Å². The number of benzene rings is 1. The zero-order valence-corrected chi connectivity index (χ0v) is 12.0. The predicted octanol–water partition coefficient (Wildman–Crippen LogP) is 1.81. The normalized spacial score (nSPS) is 29.4. The highest BCUT2D eigenvalue weighted by Gasteiger charge is 2.37. The number of rotatable bonds is 3. The highest BCUT2D eigenvalue weighted by atomic mass is 19.1. The first kappa shape index (κ1) is 14.2. The number of carbonyl (C=O) groups is 2. The Morgan fingerprint density at radius 3 is 2.76 bits per heavy atom. The number of nitrogens with zero attached hydrogens (tertiary/aromatic N) is 1. The summed E-state index contributed by atoms with van der Waals surface area (Å²) >= 11 is 0. The van der Waals surface area contributed by atoms with Gasteiger partial charge in [0.1, 0.15) is 5.82 Å². The third-order valence-electron chi connectivity index (χ3n) is 4.54. The van der Waals surface area contributed by atoms with Crippen molar-refractivity contribution in [2.24, 2.45) is 0 Å². The Morgan fingerprint density at radius 2 is 2.05 bits per heavy atom. The zero-order chi connectivity index (χ0) is 15.0. The van der Waals surface area contributed by atoms with Crippen molar-refractivity contribution in [1.82, 2.24) is 10.2 Å². The van der Waals surface area contributed by atoms with Gasteiger partial charge in [-0.2, -0.15) is 0 Å². The first-order valence-corrected chi connectivity index (χ1v) is 7.36. The van der Waals surface area contributed by atoms with E-state index in [-0.39, 0.29) is 29.7 Å². The van der Waals surface area contributed by atoms with Crippen LogP contribution in [0.5, 0.6) is 0 Å². The van der Waals surface area contributed by atoms with Crippen LogP contribution in [0, 0.1) is 5.82 Å². The molecule has 2 fully saturated rings. The molecule has 2 amide bonds. The summed E-state index contributed by atoms with van der Waals surface area (Å²) in [4.78, 5) is 24.6. The van der Waals surface area contributed by atoms with Crippen LogP contribution < -0.4 is 5.32 Å². The summed E-state index contributed by atoms with van der Waals surface area (Å²) in [5, 5.41) is 3.33. The number of likely N-dealkylation sites (N-methyl/N-ethyl adjacent to an activating group) is 1. The van der Waals surface area contributed by atoms with E-state index in [4.69, 9.17) is 0 Å². The summed E-state index contributed by atoms with van der Waals surface area (Å²) in [7, 11) is 1.54. The lowest BCUT2D eigenvalue weighted by Crippen LogP contribution is -2.56. The molecule has 5 heteroatoms. The molecule has 0 spiro atoms. The minimum absolute atomic E-state index is 0.107. The van der Waals surface area contributed by atoms with Crippen molar-refractivity contribution in [3.63, 3.8) is 0 Å². The number of hydrogen-bond acceptors (Lipinski definition) is 3. The molecule has 1 saturated carbocycles. The molecular formula is C16H19FN2O2. The van der Waals surface area contributed by atoms with Crippen LogP contribution in [0.25, 0.3) is 0 Å². The van der Waals surface area contributed by atoms with E-state index in [1.165, 1.54) is 18.0 Å². The van der Waals surface area contributed by atoms with E-state index in [9.17, 15) is 14.0 Å². The van der Waals surface area contributed by atoms with Gasteiger partial charge < -0.3 is 5.32 Å². The fourth-order valence-corrected chi connectivity index (χ4v) is 3.14. The van der Waals surface area contributed by atoms with E-state index in [0.717, 1.165) is 18.4 Å². The van der Waals surface area contributed by atoms with Crippen LogP contribution in [0.2, 0.25) is 0 Å². The molecule has 1 unspecified atom stereocenters. The maximum atomic E-state index is 13.2. The van der Waals surface area contributed by atoms with Crippen LogP contribution in [-0.2, 0) is 9.59 Å². The number of nitrogens with one attached hydrogen (secondary N) is 1.